The minimum atomic E-state index is -0.758. The maximum Gasteiger partial charge on any atom is 0.352 e. The zero-order chi connectivity index (χ0) is 25.1. The Morgan fingerprint density at radius 2 is 1.83 bits per heavy atom. The molecule has 3 heterocycles. The van der Waals surface area contributed by atoms with Gasteiger partial charge in [-0.1, -0.05) is 5.16 Å². The van der Waals surface area contributed by atoms with Crippen molar-refractivity contribution in [2.45, 2.75) is 33.2 Å². The summed E-state index contributed by atoms with van der Waals surface area (Å²) in [5.74, 6) is -2.22. The molecule has 0 N–H and O–H groups in total. The highest BCUT2D eigenvalue weighted by Crippen LogP contribution is 2.20. The molecule has 0 atom stereocenters. The van der Waals surface area contributed by atoms with Crippen LogP contribution in [0.15, 0.2) is 38.4 Å². The summed E-state index contributed by atoms with van der Waals surface area (Å²) in [6.45, 7) is 4.28. The number of likely N-dealkylation sites (tertiary alicyclic amines) is 1. The molecule has 1 saturated heterocycles. The van der Waals surface area contributed by atoms with E-state index in [9.17, 15) is 23.6 Å². The molecule has 0 radical (unpaired) electrons. The predicted molar refractivity (Wildman–Crippen MR) is 118 cm³/mol. The molecule has 0 bridgehead atoms. The average molecular weight is 486 g/mol. The summed E-state index contributed by atoms with van der Waals surface area (Å²) in [6, 6.07) is 4.98. The molecule has 0 saturated carbocycles. The van der Waals surface area contributed by atoms with Crippen molar-refractivity contribution in [1.82, 2.24) is 29.4 Å². The van der Waals surface area contributed by atoms with E-state index in [1.54, 1.807) is 13.8 Å². The van der Waals surface area contributed by atoms with Crippen LogP contribution in [0.3, 0.4) is 0 Å². The lowest BCUT2D eigenvalue weighted by molar-refractivity contribution is -0.149. The maximum atomic E-state index is 13.3. The minimum absolute atomic E-state index is 0.0351. The number of halogens is 1. The fourth-order valence-corrected chi connectivity index (χ4v) is 3.80. The van der Waals surface area contributed by atoms with E-state index in [-0.39, 0.29) is 41.5 Å². The van der Waals surface area contributed by atoms with Gasteiger partial charge in [0.15, 0.2) is 5.69 Å². The van der Waals surface area contributed by atoms with E-state index in [4.69, 9.17) is 9.26 Å². The van der Waals surface area contributed by atoms with E-state index in [1.165, 1.54) is 17.0 Å². The second-order valence-electron chi connectivity index (χ2n) is 7.81. The van der Waals surface area contributed by atoms with Gasteiger partial charge in [0.25, 0.3) is 5.56 Å². The number of nitrogens with zero attached hydrogens (tertiary/aromatic N) is 6. The van der Waals surface area contributed by atoms with Gasteiger partial charge in [0.1, 0.15) is 5.82 Å². The van der Waals surface area contributed by atoms with Crippen molar-refractivity contribution in [3.05, 3.63) is 56.8 Å². The van der Waals surface area contributed by atoms with Crippen molar-refractivity contribution in [2.24, 2.45) is 5.92 Å². The van der Waals surface area contributed by atoms with Crippen molar-refractivity contribution in [3.8, 4) is 17.2 Å². The van der Waals surface area contributed by atoms with Gasteiger partial charge >= 0.3 is 23.5 Å². The molecule has 13 heteroatoms. The van der Waals surface area contributed by atoms with Crippen LogP contribution in [0.5, 0.6) is 0 Å². The molecule has 4 rings (SSSR count). The molecule has 2 aromatic heterocycles. The molecule has 1 aliphatic rings. The van der Waals surface area contributed by atoms with E-state index in [0.29, 0.717) is 32.5 Å². The first-order valence-corrected chi connectivity index (χ1v) is 11.1. The van der Waals surface area contributed by atoms with Crippen LogP contribution in [0.1, 0.15) is 37.4 Å². The monoisotopic (exact) mass is 486 g/mol. The summed E-state index contributed by atoms with van der Waals surface area (Å²) < 4.78 is 25.3. The summed E-state index contributed by atoms with van der Waals surface area (Å²) in [5, 5.41) is 7.80. The quantitative estimate of drug-likeness (QED) is 0.467. The summed E-state index contributed by atoms with van der Waals surface area (Å²) in [5.41, 5.74) is -1.56. The van der Waals surface area contributed by atoms with Gasteiger partial charge in [-0.15, -0.1) is 0 Å². The van der Waals surface area contributed by atoms with Gasteiger partial charge in [0, 0.05) is 19.6 Å². The molecule has 1 fully saturated rings. The second kappa shape index (κ2) is 9.99. The largest absolute Gasteiger partial charge is 0.466 e. The molecular formula is C22H23FN6O6. The highest BCUT2D eigenvalue weighted by atomic mass is 19.1. The zero-order valence-corrected chi connectivity index (χ0v) is 19.1. The average Bonchev–Trinajstić information content (AvgIpc) is 3.35. The van der Waals surface area contributed by atoms with E-state index in [0.717, 1.165) is 21.4 Å². The number of carbonyl (C=O) groups is 2. The molecule has 3 aromatic rings. The van der Waals surface area contributed by atoms with Crippen LogP contribution < -0.4 is 11.2 Å². The molecule has 35 heavy (non-hydrogen) atoms. The van der Waals surface area contributed by atoms with E-state index < -0.39 is 23.0 Å². The Morgan fingerprint density at radius 1 is 1.14 bits per heavy atom. The third-order valence-corrected chi connectivity index (χ3v) is 5.67. The number of hydrogen-bond acceptors (Lipinski definition) is 9. The van der Waals surface area contributed by atoms with Crippen molar-refractivity contribution in [1.29, 1.82) is 0 Å². The maximum absolute atomic E-state index is 13.3. The smallest absolute Gasteiger partial charge is 0.352 e. The normalized spacial score (nSPS) is 14.2. The van der Waals surface area contributed by atoms with E-state index in [2.05, 4.69) is 15.2 Å². The fourth-order valence-electron chi connectivity index (χ4n) is 3.80. The lowest BCUT2D eigenvalue weighted by Gasteiger charge is -2.29. The van der Waals surface area contributed by atoms with Crippen LogP contribution in [0.4, 0.5) is 4.39 Å². The van der Waals surface area contributed by atoms with Crippen molar-refractivity contribution in [2.75, 3.05) is 19.7 Å². The summed E-state index contributed by atoms with van der Waals surface area (Å²) in [6.07, 6.45) is 0.883. The summed E-state index contributed by atoms with van der Waals surface area (Å²) in [7, 11) is 0. The number of hydrogen-bond donors (Lipinski definition) is 0. The standard InChI is InChI=1S/C22H23FN6O6/c1-3-28-19(30)16(25-29(22(28)33)15-7-5-14(23)6-8-15)17-24-18(35-26-17)20(31)27-11-9-13(10-12-27)21(32)34-4-2/h5-8,13H,3-4,9-12H2,1-2H3. The van der Waals surface area contributed by atoms with Crippen LogP contribution >= 0.6 is 0 Å². The summed E-state index contributed by atoms with van der Waals surface area (Å²) in [4.78, 5) is 55.9. The van der Waals surface area contributed by atoms with Crippen molar-refractivity contribution < 1.29 is 23.2 Å². The molecule has 0 spiro atoms. The fraction of sp³-hybridized carbons (Fsp3) is 0.409. The molecule has 1 amide bonds. The Morgan fingerprint density at radius 3 is 2.46 bits per heavy atom. The van der Waals surface area contributed by atoms with Gasteiger partial charge in [-0.3, -0.25) is 19.0 Å². The molecule has 1 aromatic carbocycles. The van der Waals surface area contributed by atoms with Gasteiger partial charge in [0.2, 0.25) is 5.82 Å². The molecule has 184 valence electrons. The van der Waals surface area contributed by atoms with E-state index >= 15 is 0 Å². The Balaban J connectivity index is 1.61. The SMILES string of the molecule is CCOC(=O)C1CCN(C(=O)c2nc(-c3nn(-c4ccc(F)cc4)c(=O)n(CC)c3=O)no2)CC1. The summed E-state index contributed by atoms with van der Waals surface area (Å²) >= 11 is 0. The highest BCUT2D eigenvalue weighted by Gasteiger charge is 2.31. The minimum Gasteiger partial charge on any atom is -0.466 e. The Bertz CT molecular complexity index is 1350. The van der Waals surface area contributed by atoms with Gasteiger partial charge in [-0.25, -0.2) is 9.18 Å². The molecule has 0 unspecified atom stereocenters. The Hall–Kier alpha value is -4.16. The number of rotatable bonds is 6. The van der Waals surface area contributed by atoms with Crippen molar-refractivity contribution in [3.63, 3.8) is 0 Å². The van der Waals surface area contributed by atoms with E-state index in [1.807, 2.05) is 0 Å². The van der Waals surface area contributed by atoms with Crippen LogP contribution in [-0.2, 0) is 16.1 Å². The topological polar surface area (TPSA) is 142 Å². The highest BCUT2D eigenvalue weighted by molar-refractivity contribution is 5.90. The van der Waals surface area contributed by atoms with Gasteiger partial charge in [-0.2, -0.15) is 14.8 Å². The third kappa shape index (κ3) is 4.74. The number of aromatic nitrogens is 5. The third-order valence-electron chi connectivity index (χ3n) is 5.67. The van der Waals surface area contributed by atoms with Crippen LogP contribution in [-0.4, -0.2) is 61.0 Å². The first-order chi connectivity index (χ1) is 16.8. The molecule has 12 nitrogen and oxygen atoms in total. The molecule has 0 aliphatic carbocycles. The van der Waals surface area contributed by atoms with Gasteiger partial charge in [-0.05, 0) is 51.0 Å². The first kappa shape index (κ1) is 24.0. The molecule has 1 aliphatic heterocycles. The Kier molecular flexibility index (Phi) is 6.85. The number of amides is 1. The second-order valence-corrected chi connectivity index (χ2v) is 7.81. The zero-order valence-electron chi connectivity index (χ0n) is 19.1. The van der Waals surface area contributed by atoms with Gasteiger partial charge < -0.3 is 14.2 Å². The van der Waals surface area contributed by atoms with Crippen molar-refractivity contribution >= 4 is 11.9 Å². The Labute approximate surface area is 197 Å². The number of piperidine rings is 1. The molecular weight excluding hydrogens is 463 g/mol. The lowest BCUT2D eigenvalue weighted by atomic mass is 9.97. The number of ether oxygens (including phenoxy) is 1. The van der Waals surface area contributed by atoms with Crippen LogP contribution in [0, 0.1) is 11.7 Å². The first-order valence-electron chi connectivity index (χ1n) is 11.1. The van der Waals surface area contributed by atoms with Crippen LogP contribution in [0.2, 0.25) is 0 Å². The lowest BCUT2D eigenvalue weighted by Crippen LogP contribution is -2.41. The van der Waals surface area contributed by atoms with Gasteiger partial charge in [0.05, 0.1) is 18.2 Å². The van der Waals surface area contributed by atoms with Crippen LogP contribution in [0.25, 0.3) is 17.2 Å². The number of esters is 1. The number of benzene rings is 1. The number of carbonyl (C=O) groups excluding carboxylic acids is 2. The predicted octanol–water partition coefficient (Wildman–Crippen LogP) is 1.02.